The van der Waals surface area contributed by atoms with Crippen LogP contribution in [0.3, 0.4) is 0 Å². The third-order valence-corrected chi connectivity index (χ3v) is 4.84. The summed E-state index contributed by atoms with van der Waals surface area (Å²) in [4.78, 5) is 9.46. The molecule has 5 heteroatoms. The van der Waals surface area contributed by atoms with Crippen molar-refractivity contribution in [2.45, 2.75) is 52.8 Å². The van der Waals surface area contributed by atoms with Gasteiger partial charge in [0.25, 0.3) is 0 Å². The van der Waals surface area contributed by atoms with Crippen LogP contribution in [-0.4, -0.2) is 21.1 Å². The van der Waals surface area contributed by atoms with E-state index in [1.54, 1.807) is 0 Å². The van der Waals surface area contributed by atoms with Gasteiger partial charge in [0, 0.05) is 24.3 Å². The minimum atomic E-state index is -0.134. The van der Waals surface area contributed by atoms with Crippen molar-refractivity contribution in [3.63, 3.8) is 0 Å². The molecule has 5 nitrogen and oxygen atoms in total. The largest absolute Gasteiger partial charge is 0.375 e. The van der Waals surface area contributed by atoms with Crippen LogP contribution in [0.5, 0.6) is 0 Å². The first-order chi connectivity index (χ1) is 13.5. The molecule has 1 atom stereocenters. The van der Waals surface area contributed by atoms with E-state index in [2.05, 4.69) is 41.6 Å². The molecule has 2 N–H and O–H groups in total. The van der Waals surface area contributed by atoms with Gasteiger partial charge in [-0.3, -0.25) is 4.98 Å². The highest BCUT2D eigenvalue weighted by molar-refractivity contribution is 5.66. The molecule has 2 heterocycles. The summed E-state index contributed by atoms with van der Waals surface area (Å²) >= 11 is 0. The van der Waals surface area contributed by atoms with E-state index in [9.17, 15) is 0 Å². The zero-order chi connectivity index (χ0) is 20.1. The minimum Gasteiger partial charge on any atom is -0.375 e. The van der Waals surface area contributed by atoms with Gasteiger partial charge in [0.2, 0.25) is 0 Å². The minimum absolute atomic E-state index is 0.134. The number of benzene rings is 1. The molecule has 1 unspecified atom stereocenters. The molecule has 1 aromatic carbocycles. The number of rotatable bonds is 8. The highest BCUT2D eigenvalue weighted by Gasteiger charge is 2.22. The van der Waals surface area contributed by atoms with Crippen molar-refractivity contribution in [1.82, 2.24) is 14.5 Å². The van der Waals surface area contributed by atoms with E-state index >= 15 is 0 Å². The monoisotopic (exact) mass is 378 g/mol. The Labute approximate surface area is 167 Å². The molecule has 0 radical (unpaired) electrons. The van der Waals surface area contributed by atoms with Crippen LogP contribution in [0.4, 0.5) is 0 Å². The first-order valence-corrected chi connectivity index (χ1v) is 9.88. The Bertz CT molecular complexity index is 900. The highest BCUT2D eigenvalue weighted by atomic mass is 16.5. The Balaban J connectivity index is 1.83. The first kappa shape index (κ1) is 20.2. The summed E-state index contributed by atoms with van der Waals surface area (Å²) in [5, 5.41) is 0. The summed E-state index contributed by atoms with van der Waals surface area (Å²) in [7, 11) is 0. The lowest BCUT2D eigenvalue weighted by Crippen LogP contribution is -2.17. The van der Waals surface area contributed by atoms with Gasteiger partial charge >= 0.3 is 0 Å². The van der Waals surface area contributed by atoms with E-state index in [1.165, 1.54) is 5.56 Å². The Morgan fingerprint density at radius 1 is 1.07 bits per heavy atom. The van der Waals surface area contributed by atoms with E-state index in [0.717, 1.165) is 35.0 Å². The Hall–Kier alpha value is -2.50. The molecule has 0 spiro atoms. The highest BCUT2D eigenvalue weighted by Crippen LogP contribution is 2.32. The standard InChI is InChI=1S/C23H30N4O/c1-16(2)21-20(11-8-12-25-21)22-23(17(3)24)27(18(4)26-22)13-14-28-15-19-9-6-5-7-10-19/h5-12,16-17H,13-15,24H2,1-4H3. The molecule has 3 aromatic rings. The second-order valence-electron chi connectivity index (χ2n) is 7.46. The fourth-order valence-corrected chi connectivity index (χ4v) is 3.52. The number of aryl methyl sites for hydroxylation is 1. The van der Waals surface area contributed by atoms with Gasteiger partial charge < -0.3 is 15.0 Å². The number of hydrogen-bond donors (Lipinski definition) is 1. The van der Waals surface area contributed by atoms with Crippen LogP contribution in [0.1, 0.15) is 55.5 Å². The van der Waals surface area contributed by atoms with E-state index in [4.69, 9.17) is 15.5 Å². The molecule has 0 amide bonds. The third kappa shape index (κ3) is 4.49. The van der Waals surface area contributed by atoms with Gasteiger partial charge in [0.1, 0.15) is 5.82 Å². The SMILES string of the molecule is Cc1nc(-c2cccnc2C(C)C)c(C(C)N)n1CCOCc1ccccc1. The number of nitrogens with two attached hydrogens (primary N) is 1. The topological polar surface area (TPSA) is 66.0 Å². The zero-order valence-electron chi connectivity index (χ0n) is 17.2. The van der Waals surface area contributed by atoms with Crippen LogP contribution in [0.2, 0.25) is 0 Å². The van der Waals surface area contributed by atoms with E-state index in [0.29, 0.717) is 19.1 Å². The van der Waals surface area contributed by atoms with Crippen LogP contribution in [0.25, 0.3) is 11.3 Å². The van der Waals surface area contributed by atoms with Crippen molar-refractivity contribution >= 4 is 0 Å². The summed E-state index contributed by atoms with van der Waals surface area (Å²) in [5.74, 6) is 1.26. The number of pyridine rings is 1. The average molecular weight is 379 g/mol. The van der Waals surface area contributed by atoms with Crippen molar-refractivity contribution in [1.29, 1.82) is 0 Å². The summed E-state index contributed by atoms with van der Waals surface area (Å²) in [6, 6.07) is 14.1. The quantitative estimate of drug-likeness (QED) is 0.581. The van der Waals surface area contributed by atoms with Crippen molar-refractivity contribution in [2.24, 2.45) is 5.73 Å². The van der Waals surface area contributed by atoms with Crippen molar-refractivity contribution in [3.8, 4) is 11.3 Å². The van der Waals surface area contributed by atoms with Crippen molar-refractivity contribution in [3.05, 3.63) is 71.4 Å². The van der Waals surface area contributed by atoms with E-state index < -0.39 is 0 Å². The second kappa shape index (κ2) is 9.13. The molecule has 3 rings (SSSR count). The fourth-order valence-electron chi connectivity index (χ4n) is 3.52. The molecular formula is C23H30N4O. The van der Waals surface area contributed by atoms with Crippen LogP contribution in [0, 0.1) is 6.92 Å². The van der Waals surface area contributed by atoms with Gasteiger partial charge in [-0.05, 0) is 37.5 Å². The Morgan fingerprint density at radius 3 is 2.50 bits per heavy atom. The van der Waals surface area contributed by atoms with Crippen LogP contribution < -0.4 is 5.73 Å². The van der Waals surface area contributed by atoms with Crippen LogP contribution in [0.15, 0.2) is 48.7 Å². The molecule has 0 aliphatic heterocycles. The maximum absolute atomic E-state index is 6.37. The van der Waals surface area contributed by atoms with Gasteiger partial charge in [-0.2, -0.15) is 0 Å². The zero-order valence-corrected chi connectivity index (χ0v) is 17.2. The second-order valence-corrected chi connectivity index (χ2v) is 7.46. The van der Waals surface area contributed by atoms with Gasteiger partial charge in [-0.1, -0.05) is 44.2 Å². The summed E-state index contributed by atoms with van der Waals surface area (Å²) in [6.45, 7) is 10.3. The summed E-state index contributed by atoms with van der Waals surface area (Å²) in [6.07, 6.45) is 1.84. The molecular weight excluding hydrogens is 348 g/mol. The Kier molecular flexibility index (Phi) is 6.60. The normalized spacial score (nSPS) is 12.5. The molecule has 0 saturated heterocycles. The molecule has 0 fully saturated rings. The molecule has 0 aliphatic carbocycles. The first-order valence-electron chi connectivity index (χ1n) is 9.88. The molecule has 0 saturated carbocycles. The van der Waals surface area contributed by atoms with Crippen LogP contribution >= 0.6 is 0 Å². The van der Waals surface area contributed by atoms with Gasteiger partial charge in [0.15, 0.2) is 0 Å². The number of imidazole rings is 1. The van der Waals surface area contributed by atoms with E-state index in [1.807, 2.05) is 44.3 Å². The summed E-state index contributed by atoms with van der Waals surface area (Å²) < 4.78 is 8.07. The third-order valence-electron chi connectivity index (χ3n) is 4.84. The lowest BCUT2D eigenvalue weighted by molar-refractivity contribution is 0.112. The summed E-state index contributed by atoms with van der Waals surface area (Å²) in [5.41, 5.74) is 11.6. The molecule has 28 heavy (non-hydrogen) atoms. The predicted molar refractivity (Wildman–Crippen MR) is 113 cm³/mol. The lowest BCUT2D eigenvalue weighted by atomic mass is 9.99. The molecule has 2 aromatic heterocycles. The fraction of sp³-hybridized carbons (Fsp3) is 0.391. The lowest BCUT2D eigenvalue weighted by Gasteiger charge is -2.16. The van der Waals surface area contributed by atoms with Crippen molar-refractivity contribution in [2.75, 3.05) is 6.61 Å². The Morgan fingerprint density at radius 2 is 1.82 bits per heavy atom. The van der Waals surface area contributed by atoms with E-state index in [-0.39, 0.29) is 6.04 Å². The van der Waals surface area contributed by atoms with Crippen molar-refractivity contribution < 1.29 is 4.74 Å². The average Bonchev–Trinajstić information content (AvgIpc) is 3.02. The van der Waals surface area contributed by atoms with Gasteiger partial charge in [-0.25, -0.2) is 4.98 Å². The smallest absolute Gasteiger partial charge is 0.106 e. The number of ether oxygens (including phenoxy) is 1. The van der Waals surface area contributed by atoms with Gasteiger partial charge in [0.05, 0.1) is 30.3 Å². The molecule has 148 valence electrons. The maximum Gasteiger partial charge on any atom is 0.106 e. The maximum atomic E-state index is 6.37. The predicted octanol–water partition coefficient (Wildman–Crippen LogP) is 4.61. The van der Waals surface area contributed by atoms with Gasteiger partial charge in [-0.15, -0.1) is 0 Å². The molecule has 0 bridgehead atoms. The number of aromatic nitrogens is 3. The molecule has 0 aliphatic rings. The number of nitrogens with zero attached hydrogens (tertiary/aromatic N) is 3. The number of hydrogen-bond acceptors (Lipinski definition) is 4. The van der Waals surface area contributed by atoms with Crippen LogP contribution in [-0.2, 0) is 17.9 Å².